The van der Waals surface area contributed by atoms with E-state index in [0.29, 0.717) is 0 Å². The van der Waals surface area contributed by atoms with Gasteiger partial charge in [-0.05, 0) is 246 Å². The summed E-state index contributed by atoms with van der Waals surface area (Å²) in [6.45, 7) is 15.2. The van der Waals surface area contributed by atoms with Crippen molar-refractivity contribution >= 4 is 222 Å². The number of hydrogen-bond donors (Lipinski definition) is 0. The van der Waals surface area contributed by atoms with E-state index in [2.05, 4.69) is 119 Å². The maximum atomic E-state index is 9.09. The van der Waals surface area contributed by atoms with Crippen LogP contribution in [0.1, 0.15) is 55.6 Å². The summed E-state index contributed by atoms with van der Waals surface area (Å²) in [5.74, 6) is 0. The molecule has 0 amide bonds. The Balaban J connectivity index is 0. The molecule has 0 spiro atoms. The van der Waals surface area contributed by atoms with E-state index in [9.17, 15) is 0 Å². The van der Waals surface area contributed by atoms with Crippen LogP contribution in [0.2, 0.25) is 0 Å². The van der Waals surface area contributed by atoms with Crippen molar-refractivity contribution in [3.63, 3.8) is 0 Å². The summed E-state index contributed by atoms with van der Waals surface area (Å²) in [6, 6.07) is 40.3. The molecule has 0 bridgehead atoms. The molecule has 0 aliphatic rings. The van der Waals surface area contributed by atoms with Gasteiger partial charge in [0.1, 0.15) is 0 Å². The molecule has 10 aromatic rings. The van der Waals surface area contributed by atoms with Gasteiger partial charge in [-0.15, -0.1) is 0 Å². The molecule has 10 aromatic heterocycles. The maximum absolute atomic E-state index is 9.09. The molecule has 0 aliphatic heterocycles. The van der Waals surface area contributed by atoms with E-state index in [1.165, 1.54) is 162 Å². The first kappa shape index (κ1) is 97.6. The van der Waals surface area contributed by atoms with Crippen molar-refractivity contribution in [1.82, 2.24) is 49.8 Å². The molecule has 0 aromatic carbocycles. The molecule has 0 radical (unpaired) electrons. The van der Waals surface area contributed by atoms with E-state index in [0.717, 1.165) is 56.9 Å². The van der Waals surface area contributed by atoms with E-state index in [-0.39, 0.29) is 12.4 Å². The fourth-order valence-corrected chi connectivity index (χ4v) is 6.76. The number of nitrogens with zero attached hydrogens (tertiary/aromatic N) is 10. The number of aromatic nitrogens is 10. The van der Waals surface area contributed by atoms with Gasteiger partial charge in [-0.2, -0.15) is 16.8 Å². The summed E-state index contributed by atoms with van der Waals surface area (Å²) in [4.78, 5) is 42.9. The van der Waals surface area contributed by atoms with Gasteiger partial charge in [0.15, 0.2) is 0 Å². The van der Waals surface area contributed by atoms with E-state index in [1.807, 2.05) is 183 Å². The van der Waals surface area contributed by atoms with Gasteiger partial charge >= 0.3 is 259 Å². The van der Waals surface area contributed by atoms with Crippen LogP contribution in [0.15, 0.2) is 183 Å². The Hall–Kier alpha value is 1.51. The van der Waals surface area contributed by atoms with Crippen LogP contribution in [0.3, 0.4) is 0 Å². The van der Waals surface area contributed by atoms with Gasteiger partial charge in [0, 0.05) is 62.0 Å². The van der Waals surface area contributed by atoms with Crippen LogP contribution < -0.4 is 12.4 Å². The topological polar surface area (TPSA) is 197 Å². The summed E-state index contributed by atoms with van der Waals surface area (Å²) in [6.07, 6.45) is 18.1. The van der Waals surface area contributed by atoms with Crippen LogP contribution in [0, 0.1) is 69.2 Å². The Morgan fingerprint density at radius 1 is 0.287 bits per heavy atom. The molecule has 10 heterocycles. The Bertz CT molecular complexity index is 3370. The number of halogens is 11. The third-order valence-corrected chi connectivity index (χ3v) is 11.5. The zero-order chi connectivity index (χ0) is 70.8. The van der Waals surface area contributed by atoms with Gasteiger partial charge in [0.05, 0.1) is 56.9 Å². The summed E-state index contributed by atoms with van der Waals surface area (Å²) in [5, 5.41) is 0. The summed E-state index contributed by atoms with van der Waals surface area (Å²) >= 11 is 4.11. The first-order valence-electron chi connectivity index (χ1n) is 27.2. The zero-order valence-electron chi connectivity index (χ0n) is 53.5. The third kappa shape index (κ3) is 50.8. The van der Waals surface area contributed by atoms with Crippen molar-refractivity contribution in [2.75, 3.05) is 0 Å². The molecule has 34 heteroatoms. The Kier molecular flexibility index (Phi) is 55.3. The predicted molar refractivity (Wildman–Crippen MR) is 384 cm³/mol. The molecule has 0 atom stereocenters. The SMILES string of the molecule is Cc1ccnc(-c2cc(C)ccn2)c1.Cc1ccnc(-c2cc(C)ccn2)c1.Cc1ccnc(-c2cc(C)ccn2)c1.Cc1ccnc(-c2cc(C)ccn2)c1.Cc1ccnc(-c2cc(C)ccn2)c1.O=S(=O)=S(=O)=O.[Cl-].[Cl][Os]([Cl])([Cl])([Cl])([Cl])[Cl].[Cl][Os][Cl].[Cl][Os][Cl].[K][K].[Na][Na]. The normalized spacial score (nSPS) is 10.4. The fourth-order valence-electron chi connectivity index (χ4n) is 6.76. The van der Waals surface area contributed by atoms with Crippen LogP contribution in [0.25, 0.3) is 56.9 Å². The minimum atomic E-state index is -5.38. The molecule has 0 saturated heterocycles. The van der Waals surface area contributed by atoms with Crippen molar-refractivity contribution in [1.29, 1.82) is 0 Å². The van der Waals surface area contributed by atoms with Crippen LogP contribution in [0.4, 0.5) is 0 Å². The first-order chi connectivity index (χ1) is 43.7. The molecule has 0 fully saturated rings. The Morgan fingerprint density at radius 3 is 0.415 bits per heavy atom. The second-order valence-electron chi connectivity index (χ2n) is 18.5. The average Bonchev–Trinajstić information content (AvgIpc) is 0.791. The summed E-state index contributed by atoms with van der Waals surface area (Å²) in [5.41, 5.74) is 21.5. The van der Waals surface area contributed by atoms with E-state index < -0.39 is 56.0 Å². The molecule has 10 rings (SSSR count). The summed E-state index contributed by atoms with van der Waals surface area (Å²) in [7, 11) is 44.1. The van der Waals surface area contributed by atoms with Gasteiger partial charge in [-0.25, -0.2) is 0 Å². The van der Waals surface area contributed by atoms with Crippen LogP contribution in [-0.4, -0.2) is 173 Å². The van der Waals surface area contributed by atoms with Crippen LogP contribution >= 0.6 is 96.4 Å². The molecule has 0 unspecified atom stereocenters. The number of aryl methyl sites for hydroxylation is 10. The molecular formula is C60H60Cl11K2N10Na2O4Os3S2-. The fraction of sp³-hybridized carbons (Fsp3) is 0.167. The molecule has 492 valence electrons. The van der Waals surface area contributed by atoms with Gasteiger partial charge in [-0.1, -0.05) is 0 Å². The average molecular weight is 2130 g/mol. The standard InChI is InChI=1S/5C12H12N2.11ClH.2K.2Na.O4S2.3Os/c5*1-9-3-5-13-11(7-9)12-8-10(2)4-6-14-12;;;;;;;;;;;;;;;;1-5(2)6(3)4;;;/h5*3-8H,1-2H3;11*1H;;;;;;;;/q;;;;;;;;;;;;;;;;;;;;;2*+2;+6/p-11. The van der Waals surface area contributed by atoms with E-state index in [4.69, 9.17) is 113 Å². The molecule has 94 heavy (non-hydrogen) atoms. The van der Waals surface area contributed by atoms with Crippen molar-refractivity contribution < 1.29 is 66.7 Å². The van der Waals surface area contributed by atoms with E-state index in [1.54, 1.807) is 0 Å². The molecular weight excluding hydrogens is 2070 g/mol. The number of rotatable bonds is 5. The monoisotopic (exact) mass is 2130 g/mol. The van der Waals surface area contributed by atoms with Crippen molar-refractivity contribution in [2.24, 2.45) is 0 Å². The minimum absolute atomic E-state index is 0. The molecule has 0 saturated carbocycles. The van der Waals surface area contributed by atoms with Gasteiger partial charge in [0.25, 0.3) is 0 Å². The number of hydrogen-bond acceptors (Lipinski definition) is 14. The second-order valence-corrected chi connectivity index (χ2v) is 83.3. The van der Waals surface area contributed by atoms with Crippen molar-refractivity contribution in [2.45, 2.75) is 69.2 Å². The first-order valence-corrected chi connectivity index (χ1v) is 85.4. The Labute approximate surface area is 689 Å². The summed E-state index contributed by atoms with van der Waals surface area (Å²) < 4.78 is 36.3. The van der Waals surface area contributed by atoms with Gasteiger partial charge in [-0.3, -0.25) is 49.8 Å². The predicted octanol–water partition coefficient (Wildman–Crippen LogP) is 14.8. The second kappa shape index (κ2) is 53.3. The molecule has 14 nitrogen and oxygen atoms in total. The molecule has 0 aliphatic carbocycles. The van der Waals surface area contributed by atoms with E-state index >= 15 is 0 Å². The number of pyridine rings is 10. The Morgan fingerprint density at radius 2 is 0.362 bits per heavy atom. The van der Waals surface area contributed by atoms with Gasteiger partial charge < -0.3 is 12.4 Å². The van der Waals surface area contributed by atoms with Crippen LogP contribution in [0.5, 0.6) is 0 Å². The molecule has 0 N–H and O–H groups in total. The quantitative estimate of drug-likeness (QED) is 0.147. The van der Waals surface area contributed by atoms with Crippen molar-refractivity contribution in [3.05, 3.63) is 239 Å². The van der Waals surface area contributed by atoms with Gasteiger partial charge in [0.2, 0.25) is 0 Å². The third-order valence-electron chi connectivity index (χ3n) is 10.6. The zero-order valence-corrected chi connectivity index (χ0v) is 81.3. The van der Waals surface area contributed by atoms with Crippen LogP contribution in [-0.2, 0) is 56.0 Å². The van der Waals surface area contributed by atoms with Crippen molar-refractivity contribution in [3.8, 4) is 56.9 Å².